The lowest BCUT2D eigenvalue weighted by Crippen LogP contribution is -2.20. The van der Waals surface area contributed by atoms with Crippen molar-refractivity contribution in [3.05, 3.63) is 107 Å². The second kappa shape index (κ2) is 4.42. The van der Waals surface area contributed by atoms with E-state index in [1.165, 1.54) is 16.7 Å². The van der Waals surface area contributed by atoms with Crippen molar-refractivity contribution >= 4 is 5.78 Å². The fourth-order valence-corrected chi connectivity index (χ4v) is 4.64. The molecule has 5 rings (SSSR count). The number of fused-ring (bicyclic) bond motifs is 3. The van der Waals surface area contributed by atoms with Crippen LogP contribution in [0, 0.1) is 5.92 Å². The fraction of sp³-hybridized carbons (Fsp3) is 0.136. The highest BCUT2D eigenvalue weighted by Gasteiger charge is 2.73. The second-order valence-corrected chi connectivity index (χ2v) is 6.51. The average molecular weight is 296 g/mol. The van der Waals surface area contributed by atoms with Crippen LogP contribution in [0.15, 0.2) is 84.9 Å². The summed E-state index contributed by atoms with van der Waals surface area (Å²) in [4.78, 5) is 13.0. The van der Waals surface area contributed by atoms with E-state index >= 15 is 0 Å². The Bertz CT molecular complexity index is 856. The van der Waals surface area contributed by atoms with E-state index in [1.807, 2.05) is 30.3 Å². The summed E-state index contributed by atoms with van der Waals surface area (Å²) in [5.41, 5.74) is 4.46. The monoisotopic (exact) mass is 296 g/mol. The average Bonchev–Trinajstić information content (AvgIpc) is 3.25. The maximum Gasteiger partial charge on any atom is 0.168 e. The number of carbonyl (C=O) groups excluding carboxylic acids is 1. The molecule has 0 bridgehead atoms. The summed E-state index contributed by atoms with van der Waals surface area (Å²) in [5, 5.41) is 0. The zero-order valence-corrected chi connectivity index (χ0v) is 12.6. The maximum atomic E-state index is 13.0. The molecule has 23 heavy (non-hydrogen) atoms. The summed E-state index contributed by atoms with van der Waals surface area (Å²) in [5.74, 6) is 0.624. The van der Waals surface area contributed by atoms with Gasteiger partial charge in [0.15, 0.2) is 5.78 Å². The van der Waals surface area contributed by atoms with E-state index in [0.717, 1.165) is 5.56 Å². The number of Topliss-reactive ketones (excluding diaryl/α,β-unsaturated/α-hetero) is 1. The topological polar surface area (TPSA) is 17.1 Å². The van der Waals surface area contributed by atoms with Gasteiger partial charge >= 0.3 is 0 Å². The fourth-order valence-electron chi connectivity index (χ4n) is 4.64. The third-order valence-corrected chi connectivity index (χ3v) is 5.55. The predicted octanol–water partition coefficient (Wildman–Crippen LogP) is 4.58. The molecule has 0 spiro atoms. The molecule has 0 radical (unpaired) electrons. The van der Waals surface area contributed by atoms with Crippen LogP contribution in [-0.2, 0) is 5.41 Å². The number of benzene rings is 3. The van der Waals surface area contributed by atoms with Crippen molar-refractivity contribution in [2.75, 3.05) is 0 Å². The molecule has 1 heteroatoms. The molecular formula is C22H16O. The normalized spacial score (nSPS) is 23.2. The highest BCUT2D eigenvalue weighted by atomic mass is 16.1. The molecule has 1 saturated carbocycles. The number of hydrogen-bond acceptors (Lipinski definition) is 1. The van der Waals surface area contributed by atoms with Crippen LogP contribution >= 0.6 is 0 Å². The van der Waals surface area contributed by atoms with Gasteiger partial charge in [-0.2, -0.15) is 0 Å². The minimum atomic E-state index is -0.187. The molecule has 0 saturated heterocycles. The Morgan fingerprint density at radius 2 is 1.13 bits per heavy atom. The minimum Gasteiger partial charge on any atom is -0.294 e. The molecule has 0 aromatic heterocycles. The van der Waals surface area contributed by atoms with Crippen LogP contribution in [0.5, 0.6) is 0 Å². The molecule has 0 aliphatic heterocycles. The van der Waals surface area contributed by atoms with Crippen LogP contribution in [0.3, 0.4) is 0 Å². The molecule has 0 N–H and O–H groups in total. The van der Waals surface area contributed by atoms with Gasteiger partial charge in [-0.15, -0.1) is 0 Å². The zero-order valence-electron chi connectivity index (χ0n) is 12.6. The van der Waals surface area contributed by atoms with E-state index in [1.54, 1.807) is 0 Å². The summed E-state index contributed by atoms with van der Waals surface area (Å²) in [6.07, 6.45) is 0. The first-order valence-electron chi connectivity index (χ1n) is 8.09. The van der Waals surface area contributed by atoms with E-state index < -0.39 is 0 Å². The Morgan fingerprint density at radius 3 is 1.74 bits per heavy atom. The Labute approximate surface area is 135 Å². The quantitative estimate of drug-likeness (QED) is 0.676. The first kappa shape index (κ1) is 12.8. The highest BCUT2D eigenvalue weighted by Crippen LogP contribution is 2.73. The van der Waals surface area contributed by atoms with E-state index in [4.69, 9.17) is 0 Å². The number of hydrogen-bond donors (Lipinski definition) is 0. The number of carbonyl (C=O) groups is 1. The predicted molar refractivity (Wildman–Crippen MR) is 90.7 cm³/mol. The van der Waals surface area contributed by atoms with E-state index in [0.29, 0.717) is 5.78 Å². The van der Waals surface area contributed by atoms with Crippen LogP contribution in [-0.4, -0.2) is 5.78 Å². The van der Waals surface area contributed by atoms with Crippen LogP contribution in [0.1, 0.15) is 33.0 Å². The van der Waals surface area contributed by atoms with Crippen LogP contribution < -0.4 is 0 Å². The van der Waals surface area contributed by atoms with Crippen molar-refractivity contribution in [1.29, 1.82) is 0 Å². The SMILES string of the molecule is O=C1c2ccccc2C2C1C2(c1ccccc1)c1ccccc1. The Balaban J connectivity index is 1.77. The first-order valence-corrected chi connectivity index (χ1v) is 8.09. The van der Waals surface area contributed by atoms with Gasteiger partial charge < -0.3 is 0 Å². The molecule has 3 aromatic rings. The van der Waals surface area contributed by atoms with Gasteiger partial charge in [-0.05, 0) is 16.7 Å². The molecular weight excluding hydrogens is 280 g/mol. The molecule has 3 aromatic carbocycles. The first-order chi connectivity index (χ1) is 11.3. The van der Waals surface area contributed by atoms with Crippen LogP contribution in [0.25, 0.3) is 0 Å². The zero-order chi connectivity index (χ0) is 15.4. The second-order valence-electron chi connectivity index (χ2n) is 6.51. The summed E-state index contributed by atoms with van der Waals surface area (Å²) in [6, 6.07) is 29.2. The molecule has 1 fully saturated rings. The van der Waals surface area contributed by atoms with E-state index in [2.05, 4.69) is 54.6 Å². The molecule has 0 amide bonds. The largest absolute Gasteiger partial charge is 0.294 e. The molecule has 2 atom stereocenters. The minimum absolute atomic E-state index is 0.0460. The van der Waals surface area contributed by atoms with Gasteiger partial charge in [0.2, 0.25) is 0 Å². The van der Waals surface area contributed by atoms with Crippen LogP contribution in [0.2, 0.25) is 0 Å². The molecule has 1 nitrogen and oxygen atoms in total. The van der Waals surface area contributed by atoms with Crippen molar-refractivity contribution in [2.24, 2.45) is 5.92 Å². The molecule has 2 unspecified atom stereocenters. The number of ketones is 1. The van der Waals surface area contributed by atoms with Gasteiger partial charge in [-0.1, -0.05) is 84.9 Å². The van der Waals surface area contributed by atoms with E-state index in [-0.39, 0.29) is 17.3 Å². The summed E-state index contributed by atoms with van der Waals surface area (Å²) >= 11 is 0. The standard InChI is InChI=1S/C22H16O/c23-21-18-14-8-7-13-17(18)19-20(21)22(19,15-9-3-1-4-10-15)16-11-5-2-6-12-16/h1-14,19-20H. The summed E-state index contributed by atoms with van der Waals surface area (Å²) < 4.78 is 0. The highest BCUT2D eigenvalue weighted by molar-refractivity contribution is 6.09. The third-order valence-electron chi connectivity index (χ3n) is 5.55. The Hall–Kier alpha value is -2.67. The lowest BCUT2D eigenvalue weighted by Gasteiger charge is -2.23. The lowest BCUT2D eigenvalue weighted by molar-refractivity contribution is 0.0966. The Morgan fingerprint density at radius 1 is 0.609 bits per heavy atom. The van der Waals surface area contributed by atoms with Gasteiger partial charge in [0.1, 0.15) is 0 Å². The Kier molecular flexibility index (Phi) is 2.47. The van der Waals surface area contributed by atoms with Crippen molar-refractivity contribution in [3.63, 3.8) is 0 Å². The molecule has 110 valence electrons. The van der Waals surface area contributed by atoms with Gasteiger partial charge in [0.25, 0.3) is 0 Å². The van der Waals surface area contributed by atoms with Crippen molar-refractivity contribution in [1.82, 2.24) is 0 Å². The third kappa shape index (κ3) is 1.49. The van der Waals surface area contributed by atoms with Crippen molar-refractivity contribution < 1.29 is 4.79 Å². The summed E-state index contributed by atoms with van der Waals surface area (Å²) in [7, 11) is 0. The van der Waals surface area contributed by atoms with Gasteiger partial charge in [0.05, 0.1) is 0 Å². The van der Waals surface area contributed by atoms with E-state index in [9.17, 15) is 4.79 Å². The smallest absolute Gasteiger partial charge is 0.168 e. The maximum absolute atomic E-state index is 13.0. The molecule has 2 aliphatic carbocycles. The van der Waals surface area contributed by atoms with Gasteiger partial charge in [0, 0.05) is 22.8 Å². The lowest BCUT2D eigenvalue weighted by atomic mass is 9.79. The van der Waals surface area contributed by atoms with Crippen molar-refractivity contribution in [2.45, 2.75) is 11.3 Å². The van der Waals surface area contributed by atoms with Crippen molar-refractivity contribution in [3.8, 4) is 0 Å². The summed E-state index contributed by atoms with van der Waals surface area (Å²) in [6.45, 7) is 0. The molecule has 0 heterocycles. The van der Waals surface area contributed by atoms with Gasteiger partial charge in [-0.3, -0.25) is 4.79 Å². The van der Waals surface area contributed by atoms with Crippen LogP contribution in [0.4, 0.5) is 0 Å². The molecule has 2 aliphatic rings. The number of rotatable bonds is 2. The van der Waals surface area contributed by atoms with Gasteiger partial charge in [-0.25, -0.2) is 0 Å².